The van der Waals surface area contributed by atoms with Crippen molar-refractivity contribution in [1.29, 1.82) is 0 Å². The Morgan fingerprint density at radius 3 is 2.18 bits per heavy atom. The molecule has 1 atom stereocenters. The monoisotopic (exact) mass is 410 g/mol. The average molecular weight is 411 g/mol. The summed E-state index contributed by atoms with van der Waals surface area (Å²) in [5, 5.41) is 3.07. The Labute approximate surface area is 168 Å². The number of hydrogen-bond acceptors (Lipinski definition) is 4. The van der Waals surface area contributed by atoms with Gasteiger partial charge < -0.3 is 10.2 Å². The van der Waals surface area contributed by atoms with E-state index in [2.05, 4.69) is 5.32 Å². The molecule has 5 rings (SSSR count). The minimum absolute atomic E-state index is 0.0326. The molecule has 4 saturated carbocycles. The molecule has 2 amide bonds. The van der Waals surface area contributed by atoms with Crippen LogP contribution >= 0.6 is 0 Å². The molecular formula is C21H34N2O4S. The van der Waals surface area contributed by atoms with E-state index in [0.717, 1.165) is 43.4 Å². The molecule has 0 aromatic carbocycles. The maximum absolute atomic E-state index is 13.0. The standard InChI is InChI=1S/C21H34N2O4S/c1-2-6-23(18-4-7-28(26,27)14-18)19(24)3-5-22-20(25)21-11-15-8-16(12-21)10-17(9-15)13-21/h15-18H,2-14H2,1H3,(H,22,25). The highest BCUT2D eigenvalue weighted by molar-refractivity contribution is 7.91. The molecule has 4 bridgehead atoms. The fraction of sp³-hybridized carbons (Fsp3) is 0.905. The summed E-state index contributed by atoms with van der Waals surface area (Å²) in [6.45, 7) is 2.94. The fourth-order valence-corrected chi connectivity index (χ4v) is 8.51. The van der Waals surface area contributed by atoms with Crippen LogP contribution in [0, 0.1) is 23.2 Å². The van der Waals surface area contributed by atoms with Gasteiger partial charge in [-0.3, -0.25) is 9.59 Å². The van der Waals surface area contributed by atoms with Crippen LogP contribution in [0.5, 0.6) is 0 Å². The lowest BCUT2D eigenvalue weighted by Crippen LogP contribution is -2.54. The third-order valence-corrected chi connectivity index (χ3v) is 9.33. The highest BCUT2D eigenvalue weighted by Crippen LogP contribution is 2.60. The van der Waals surface area contributed by atoms with Crippen molar-refractivity contribution >= 4 is 21.7 Å². The van der Waals surface area contributed by atoms with E-state index in [-0.39, 0.29) is 41.2 Å². The van der Waals surface area contributed by atoms with Crippen molar-refractivity contribution in [2.75, 3.05) is 24.6 Å². The second-order valence-corrected chi connectivity index (χ2v) is 12.1. The molecule has 1 heterocycles. The largest absolute Gasteiger partial charge is 0.355 e. The van der Waals surface area contributed by atoms with E-state index in [1.165, 1.54) is 19.3 Å². The lowest BCUT2D eigenvalue weighted by atomic mass is 9.49. The van der Waals surface area contributed by atoms with Crippen molar-refractivity contribution in [2.24, 2.45) is 23.2 Å². The molecule has 0 aromatic heterocycles. The molecule has 7 heteroatoms. The van der Waals surface area contributed by atoms with E-state index in [1.807, 2.05) is 6.92 Å². The Bertz CT molecular complexity index is 697. The number of carbonyl (C=O) groups is 2. The highest BCUT2D eigenvalue weighted by atomic mass is 32.2. The van der Waals surface area contributed by atoms with Gasteiger partial charge in [0.25, 0.3) is 0 Å². The van der Waals surface area contributed by atoms with Crippen molar-refractivity contribution in [1.82, 2.24) is 10.2 Å². The lowest BCUT2D eigenvalue weighted by Gasteiger charge is -2.55. The average Bonchev–Trinajstić information content (AvgIpc) is 2.97. The van der Waals surface area contributed by atoms with Gasteiger partial charge in [-0.1, -0.05) is 6.92 Å². The van der Waals surface area contributed by atoms with E-state index in [9.17, 15) is 18.0 Å². The molecule has 0 aromatic rings. The van der Waals surface area contributed by atoms with Gasteiger partial charge in [-0.2, -0.15) is 0 Å². The zero-order valence-corrected chi connectivity index (χ0v) is 17.8. The summed E-state index contributed by atoms with van der Waals surface area (Å²) in [6, 6.07) is -0.198. The van der Waals surface area contributed by atoms with Crippen molar-refractivity contribution in [3.63, 3.8) is 0 Å². The fourth-order valence-electron chi connectivity index (χ4n) is 6.78. The molecule has 6 nitrogen and oxygen atoms in total. The van der Waals surface area contributed by atoms with Crippen LogP contribution in [0.2, 0.25) is 0 Å². The van der Waals surface area contributed by atoms with Crippen LogP contribution in [0.25, 0.3) is 0 Å². The van der Waals surface area contributed by atoms with Crippen LogP contribution in [0.1, 0.15) is 64.7 Å². The number of nitrogens with zero attached hydrogens (tertiary/aromatic N) is 1. The number of carbonyl (C=O) groups excluding carboxylic acids is 2. The molecule has 5 fully saturated rings. The minimum Gasteiger partial charge on any atom is -0.355 e. The van der Waals surface area contributed by atoms with E-state index in [0.29, 0.717) is 19.5 Å². The van der Waals surface area contributed by atoms with Gasteiger partial charge in [-0.05, 0) is 69.1 Å². The van der Waals surface area contributed by atoms with Crippen LogP contribution in [0.4, 0.5) is 0 Å². The summed E-state index contributed by atoms with van der Waals surface area (Å²) in [4.78, 5) is 27.5. The van der Waals surface area contributed by atoms with E-state index < -0.39 is 9.84 Å². The molecule has 1 unspecified atom stereocenters. The molecule has 158 valence electrons. The smallest absolute Gasteiger partial charge is 0.226 e. The van der Waals surface area contributed by atoms with E-state index in [1.54, 1.807) is 4.90 Å². The predicted molar refractivity (Wildman–Crippen MR) is 107 cm³/mol. The molecule has 4 aliphatic carbocycles. The van der Waals surface area contributed by atoms with Crippen LogP contribution in [0.3, 0.4) is 0 Å². The first kappa shape index (κ1) is 20.2. The summed E-state index contributed by atoms with van der Waals surface area (Å²) in [7, 11) is -3.02. The topological polar surface area (TPSA) is 83.6 Å². The second-order valence-electron chi connectivity index (χ2n) is 9.85. The van der Waals surface area contributed by atoms with Gasteiger partial charge in [-0.25, -0.2) is 8.42 Å². The molecule has 1 saturated heterocycles. The first-order valence-corrected chi connectivity index (χ1v) is 12.9. The van der Waals surface area contributed by atoms with Crippen molar-refractivity contribution < 1.29 is 18.0 Å². The number of sulfone groups is 1. The summed E-state index contributed by atoms with van der Waals surface area (Å²) in [5.41, 5.74) is -0.180. The normalized spacial score (nSPS) is 37.8. The third-order valence-electron chi connectivity index (χ3n) is 7.58. The van der Waals surface area contributed by atoms with Gasteiger partial charge in [0.1, 0.15) is 0 Å². The van der Waals surface area contributed by atoms with Gasteiger partial charge in [0, 0.05) is 31.0 Å². The molecule has 0 radical (unpaired) electrons. The Morgan fingerprint density at radius 2 is 1.68 bits per heavy atom. The van der Waals surface area contributed by atoms with Crippen LogP contribution in [-0.2, 0) is 19.4 Å². The summed E-state index contributed by atoms with van der Waals surface area (Å²) < 4.78 is 23.6. The van der Waals surface area contributed by atoms with Gasteiger partial charge in [0.2, 0.25) is 11.8 Å². The van der Waals surface area contributed by atoms with E-state index in [4.69, 9.17) is 0 Å². The maximum Gasteiger partial charge on any atom is 0.226 e. The van der Waals surface area contributed by atoms with Crippen molar-refractivity contribution in [2.45, 2.75) is 70.8 Å². The quantitative estimate of drug-likeness (QED) is 0.697. The van der Waals surface area contributed by atoms with Crippen LogP contribution < -0.4 is 5.32 Å². The first-order chi connectivity index (χ1) is 13.3. The third kappa shape index (κ3) is 3.96. The molecule has 1 N–H and O–H groups in total. The predicted octanol–water partition coefficient (Wildman–Crippen LogP) is 2.13. The number of nitrogens with one attached hydrogen (secondary N) is 1. The Hall–Kier alpha value is -1.11. The van der Waals surface area contributed by atoms with E-state index >= 15 is 0 Å². The Morgan fingerprint density at radius 1 is 1.07 bits per heavy atom. The van der Waals surface area contributed by atoms with Crippen LogP contribution in [0.15, 0.2) is 0 Å². The number of hydrogen-bond donors (Lipinski definition) is 1. The molecule has 0 spiro atoms. The van der Waals surface area contributed by atoms with Gasteiger partial charge in [-0.15, -0.1) is 0 Å². The molecule has 1 aliphatic heterocycles. The summed E-state index contributed by atoms with van der Waals surface area (Å²) in [5.74, 6) is 2.56. The highest BCUT2D eigenvalue weighted by Gasteiger charge is 2.54. The van der Waals surface area contributed by atoms with Crippen molar-refractivity contribution in [3.8, 4) is 0 Å². The lowest BCUT2D eigenvalue weighted by molar-refractivity contribution is -0.146. The Kier molecular flexibility index (Phi) is 5.49. The maximum atomic E-state index is 13.0. The SMILES string of the molecule is CCCN(C(=O)CCNC(=O)C12CC3CC(CC(C3)C1)C2)C1CCS(=O)(=O)C1. The second kappa shape index (κ2) is 7.62. The first-order valence-electron chi connectivity index (χ1n) is 11.1. The number of amides is 2. The minimum atomic E-state index is -3.02. The van der Waals surface area contributed by atoms with Crippen LogP contribution in [-0.4, -0.2) is 55.8 Å². The Balaban J connectivity index is 1.30. The summed E-state index contributed by atoms with van der Waals surface area (Å²) >= 11 is 0. The molecule has 28 heavy (non-hydrogen) atoms. The van der Waals surface area contributed by atoms with Gasteiger partial charge >= 0.3 is 0 Å². The van der Waals surface area contributed by atoms with Gasteiger partial charge in [0.15, 0.2) is 9.84 Å². The number of rotatable bonds is 7. The molecular weight excluding hydrogens is 376 g/mol. The van der Waals surface area contributed by atoms with Crippen molar-refractivity contribution in [3.05, 3.63) is 0 Å². The molecule has 5 aliphatic rings. The zero-order valence-electron chi connectivity index (χ0n) is 17.0. The summed E-state index contributed by atoms with van der Waals surface area (Å²) in [6.07, 6.45) is 8.61. The van der Waals surface area contributed by atoms with Gasteiger partial charge in [0.05, 0.1) is 11.5 Å². The zero-order chi connectivity index (χ0) is 19.9.